The summed E-state index contributed by atoms with van der Waals surface area (Å²) in [6, 6.07) is 2.23. The van der Waals surface area contributed by atoms with E-state index in [2.05, 4.69) is 20.3 Å². The van der Waals surface area contributed by atoms with Crippen LogP contribution in [0, 0.1) is 5.82 Å². The van der Waals surface area contributed by atoms with E-state index in [0.717, 1.165) is 38.5 Å². The second-order valence-corrected chi connectivity index (χ2v) is 8.31. The quantitative estimate of drug-likeness (QED) is 0.656. The molecule has 8 nitrogen and oxygen atoms in total. The summed E-state index contributed by atoms with van der Waals surface area (Å²) in [5, 5.41) is 3.39. The van der Waals surface area contributed by atoms with Crippen LogP contribution in [0.4, 0.5) is 10.2 Å². The van der Waals surface area contributed by atoms with Gasteiger partial charge >= 0.3 is 0 Å². The maximum absolute atomic E-state index is 14.5. The summed E-state index contributed by atoms with van der Waals surface area (Å²) in [6.07, 6.45) is 9.58. The Bertz CT molecular complexity index is 853. The predicted molar refractivity (Wildman–Crippen MR) is 112 cm³/mol. The third-order valence-corrected chi connectivity index (χ3v) is 5.86. The number of ether oxygens (including phenoxy) is 2. The first-order chi connectivity index (χ1) is 14.5. The molecule has 1 saturated heterocycles. The number of hydrogen-bond acceptors (Lipinski definition) is 8. The molecule has 1 aliphatic carbocycles. The van der Waals surface area contributed by atoms with E-state index in [9.17, 15) is 4.39 Å². The molecular weight excluding hydrogens is 387 g/mol. The van der Waals surface area contributed by atoms with Crippen molar-refractivity contribution >= 4 is 5.82 Å². The summed E-state index contributed by atoms with van der Waals surface area (Å²) in [5.74, 6) is 0.469. The number of pyridine rings is 1. The highest BCUT2D eigenvalue weighted by Crippen LogP contribution is 2.27. The van der Waals surface area contributed by atoms with Crippen molar-refractivity contribution in [3.8, 4) is 17.1 Å². The summed E-state index contributed by atoms with van der Waals surface area (Å²) in [4.78, 5) is 12.8. The Labute approximate surface area is 175 Å². The second-order valence-electron chi connectivity index (χ2n) is 8.31. The van der Waals surface area contributed by atoms with Crippen molar-refractivity contribution in [3.05, 3.63) is 30.5 Å². The fourth-order valence-corrected chi connectivity index (χ4v) is 3.87. The fraction of sp³-hybridized carbons (Fsp3) is 0.571. The van der Waals surface area contributed by atoms with Crippen LogP contribution in [-0.4, -0.2) is 52.4 Å². The minimum absolute atomic E-state index is 0.270. The topological polar surface area (TPSA) is 121 Å². The lowest BCUT2D eigenvalue weighted by Crippen LogP contribution is -2.49. The zero-order chi connectivity index (χ0) is 21.0. The Morgan fingerprint density at radius 2 is 1.93 bits per heavy atom. The molecule has 162 valence electrons. The van der Waals surface area contributed by atoms with Gasteiger partial charge in [0.15, 0.2) is 5.82 Å². The van der Waals surface area contributed by atoms with Crippen molar-refractivity contribution in [3.63, 3.8) is 0 Å². The first kappa shape index (κ1) is 20.9. The molecule has 0 atom stereocenters. The molecule has 1 aliphatic heterocycles. The largest absolute Gasteiger partial charge is 0.475 e. The Kier molecular flexibility index (Phi) is 6.40. The highest BCUT2D eigenvalue weighted by atomic mass is 19.1. The van der Waals surface area contributed by atoms with Gasteiger partial charge in [0, 0.05) is 30.9 Å². The van der Waals surface area contributed by atoms with Crippen LogP contribution >= 0.6 is 0 Å². The van der Waals surface area contributed by atoms with Crippen molar-refractivity contribution in [1.29, 1.82) is 0 Å². The van der Waals surface area contributed by atoms with Gasteiger partial charge in [-0.25, -0.2) is 14.4 Å². The molecule has 2 aromatic rings. The lowest BCUT2D eigenvalue weighted by atomic mass is 9.92. The Morgan fingerprint density at radius 1 is 1.17 bits per heavy atom. The van der Waals surface area contributed by atoms with Crippen LogP contribution in [0.15, 0.2) is 24.7 Å². The van der Waals surface area contributed by atoms with Gasteiger partial charge in [0.25, 0.3) is 0 Å². The van der Waals surface area contributed by atoms with Gasteiger partial charge in [0.1, 0.15) is 12.4 Å². The normalized spacial score (nSPS) is 23.7. The number of halogens is 1. The summed E-state index contributed by atoms with van der Waals surface area (Å²) in [7, 11) is 0. The molecule has 2 aromatic heterocycles. The van der Waals surface area contributed by atoms with Gasteiger partial charge in [0.2, 0.25) is 5.88 Å². The molecule has 0 radical (unpaired) electrons. The van der Waals surface area contributed by atoms with Gasteiger partial charge in [-0.05, 0) is 44.6 Å². The molecule has 2 fully saturated rings. The van der Waals surface area contributed by atoms with Crippen molar-refractivity contribution in [2.24, 2.45) is 11.5 Å². The minimum atomic E-state index is -0.461. The van der Waals surface area contributed by atoms with Crippen molar-refractivity contribution in [2.45, 2.75) is 56.1 Å². The molecular formula is C21H29FN6O2. The van der Waals surface area contributed by atoms with Gasteiger partial charge in [-0.2, -0.15) is 0 Å². The number of hydrogen-bond donors (Lipinski definition) is 3. The SMILES string of the molecule is NC1CCC(Nc2cc(-c3cncc(OCC4(N)CCOCC4)n3)c(F)cn2)CC1. The zero-order valence-electron chi connectivity index (χ0n) is 17.0. The molecule has 1 saturated carbocycles. The standard InChI is InChI=1S/C21H29FN6O2/c22-17-10-26-19(27-15-3-1-14(23)2-4-15)9-16(17)18-11-25-12-20(28-18)30-13-21(24)5-7-29-8-6-21/h9-12,14-15H,1-8,13,23-24H2,(H,26,27). The average molecular weight is 417 g/mol. The summed E-state index contributed by atoms with van der Waals surface area (Å²) < 4.78 is 25.7. The Hall–Kier alpha value is -2.36. The number of anilines is 1. The first-order valence-corrected chi connectivity index (χ1v) is 10.5. The molecule has 0 amide bonds. The van der Waals surface area contributed by atoms with E-state index in [4.69, 9.17) is 20.9 Å². The maximum Gasteiger partial charge on any atom is 0.232 e. The molecule has 0 spiro atoms. The molecule has 5 N–H and O–H groups in total. The highest BCUT2D eigenvalue weighted by Gasteiger charge is 2.29. The second kappa shape index (κ2) is 9.20. The van der Waals surface area contributed by atoms with Gasteiger partial charge in [-0.1, -0.05) is 0 Å². The summed E-state index contributed by atoms with van der Waals surface area (Å²) in [5.41, 5.74) is 12.6. The Morgan fingerprint density at radius 3 is 2.70 bits per heavy atom. The number of aromatic nitrogens is 3. The number of nitrogens with two attached hydrogens (primary N) is 2. The monoisotopic (exact) mass is 416 g/mol. The van der Waals surface area contributed by atoms with Gasteiger partial charge in [0.05, 0.1) is 29.8 Å². The first-order valence-electron chi connectivity index (χ1n) is 10.5. The molecule has 9 heteroatoms. The van der Waals surface area contributed by atoms with Crippen LogP contribution in [0.3, 0.4) is 0 Å². The highest BCUT2D eigenvalue weighted by molar-refractivity contribution is 5.63. The molecule has 4 rings (SSSR count). The fourth-order valence-electron chi connectivity index (χ4n) is 3.87. The summed E-state index contributed by atoms with van der Waals surface area (Å²) in [6.45, 7) is 1.55. The number of rotatable bonds is 6. The lowest BCUT2D eigenvalue weighted by molar-refractivity contribution is 0.0335. The van der Waals surface area contributed by atoms with Crippen molar-refractivity contribution in [1.82, 2.24) is 15.0 Å². The van der Waals surface area contributed by atoms with E-state index in [0.29, 0.717) is 42.8 Å². The van der Waals surface area contributed by atoms with Crippen molar-refractivity contribution < 1.29 is 13.9 Å². The molecule has 0 aromatic carbocycles. The van der Waals surface area contributed by atoms with E-state index >= 15 is 0 Å². The van der Waals surface area contributed by atoms with E-state index in [1.54, 1.807) is 6.07 Å². The maximum atomic E-state index is 14.5. The van der Waals surface area contributed by atoms with Crippen LogP contribution in [-0.2, 0) is 4.74 Å². The molecule has 3 heterocycles. The molecule has 0 bridgehead atoms. The van der Waals surface area contributed by atoms with Crippen LogP contribution in [0.5, 0.6) is 5.88 Å². The third kappa shape index (κ3) is 5.21. The zero-order valence-corrected chi connectivity index (χ0v) is 17.0. The van der Waals surface area contributed by atoms with Gasteiger partial charge in [-0.15, -0.1) is 0 Å². The van der Waals surface area contributed by atoms with Gasteiger partial charge in [-0.3, -0.25) is 4.98 Å². The third-order valence-electron chi connectivity index (χ3n) is 5.86. The average Bonchev–Trinajstić information content (AvgIpc) is 2.76. The number of nitrogens with zero attached hydrogens (tertiary/aromatic N) is 3. The van der Waals surface area contributed by atoms with Crippen LogP contribution in [0.25, 0.3) is 11.3 Å². The van der Waals surface area contributed by atoms with E-state index in [-0.39, 0.29) is 12.1 Å². The predicted octanol–water partition coefficient (Wildman–Crippen LogP) is 2.25. The summed E-state index contributed by atoms with van der Waals surface area (Å²) >= 11 is 0. The number of nitrogens with one attached hydrogen (secondary N) is 1. The smallest absolute Gasteiger partial charge is 0.232 e. The van der Waals surface area contributed by atoms with Crippen LogP contribution in [0.1, 0.15) is 38.5 Å². The minimum Gasteiger partial charge on any atom is -0.475 e. The van der Waals surface area contributed by atoms with Crippen LogP contribution in [0.2, 0.25) is 0 Å². The van der Waals surface area contributed by atoms with Crippen molar-refractivity contribution in [2.75, 3.05) is 25.1 Å². The van der Waals surface area contributed by atoms with E-state index in [1.165, 1.54) is 18.6 Å². The Balaban J connectivity index is 1.46. The molecule has 30 heavy (non-hydrogen) atoms. The van der Waals surface area contributed by atoms with E-state index in [1.807, 2.05) is 0 Å². The van der Waals surface area contributed by atoms with E-state index < -0.39 is 11.4 Å². The molecule has 0 unspecified atom stereocenters. The molecule has 2 aliphatic rings. The van der Waals surface area contributed by atoms with Crippen LogP contribution < -0.4 is 21.5 Å². The van der Waals surface area contributed by atoms with Gasteiger partial charge < -0.3 is 26.3 Å². The lowest BCUT2D eigenvalue weighted by Gasteiger charge is -2.32.